The van der Waals surface area contributed by atoms with E-state index in [1.165, 1.54) is 0 Å². The summed E-state index contributed by atoms with van der Waals surface area (Å²) in [6, 6.07) is -0.648. The Kier molecular flexibility index (Phi) is 2.32. The number of rotatable bonds is 1. The molecule has 0 unspecified atom stereocenters. The SMILES string of the molecule is CC1(C)COC/C1=N\NC(N)=O. The van der Waals surface area contributed by atoms with Crippen molar-refractivity contribution < 1.29 is 9.53 Å². The second kappa shape index (κ2) is 3.10. The van der Waals surface area contributed by atoms with Gasteiger partial charge in [0.05, 0.1) is 18.9 Å². The van der Waals surface area contributed by atoms with Crippen molar-refractivity contribution in [2.45, 2.75) is 13.8 Å². The molecule has 1 rings (SSSR count). The van der Waals surface area contributed by atoms with Crippen molar-refractivity contribution in [3.8, 4) is 0 Å². The molecule has 5 nitrogen and oxygen atoms in total. The topological polar surface area (TPSA) is 76.7 Å². The summed E-state index contributed by atoms with van der Waals surface area (Å²) in [6.45, 7) is 5.10. The van der Waals surface area contributed by atoms with E-state index in [1.54, 1.807) is 0 Å². The van der Waals surface area contributed by atoms with Gasteiger partial charge in [-0.2, -0.15) is 5.10 Å². The molecule has 0 aromatic heterocycles. The van der Waals surface area contributed by atoms with E-state index in [1.807, 2.05) is 13.8 Å². The smallest absolute Gasteiger partial charge is 0.332 e. The lowest BCUT2D eigenvalue weighted by Crippen LogP contribution is -2.30. The maximum atomic E-state index is 10.3. The van der Waals surface area contributed by atoms with E-state index in [9.17, 15) is 4.79 Å². The number of amides is 2. The Labute approximate surface area is 71.0 Å². The van der Waals surface area contributed by atoms with Crippen molar-refractivity contribution in [2.24, 2.45) is 16.3 Å². The molecule has 0 aromatic carbocycles. The quantitative estimate of drug-likeness (QED) is 0.547. The first-order chi connectivity index (χ1) is 5.52. The van der Waals surface area contributed by atoms with Gasteiger partial charge >= 0.3 is 6.03 Å². The third-order valence-electron chi connectivity index (χ3n) is 1.78. The lowest BCUT2D eigenvalue weighted by Gasteiger charge is -2.14. The number of urea groups is 1. The van der Waals surface area contributed by atoms with E-state index in [0.717, 1.165) is 5.71 Å². The van der Waals surface area contributed by atoms with E-state index in [2.05, 4.69) is 10.5 Å². The van der Waals surface area contributed by atoms with Crippen LogP contribution in [-0.2, 0) is 4.74 Å². The lowest BCUT2D eigenvalue weighted by molar-refractivity contribution is 0.167. The zero-order chi connectivity index (χ0) is 9.19. The van der Waals surface area contributed by atoms with Crippen LogP contribution in [-0.4, -0.2) is 25.0 Å². The van der Waals surface area contributed by atoms with Crippen molar-refractivity contribution in [1.82, 2.24) is 5.43 Å². The van der Waals surface area contributed by atoms with Crippen LogP contribution in [0.4, 0.5) is 4.79 Å². The third kappa shape index (κ3) is 1.94. The number of carbonyl (C=O) groups excluding carboxylic acids is 1. The molecule has 12 heavy (non-hydrogen) atoms. The average molecular weight is 171 g/mol. The molecular formula is C7H13N3O2. The van der Waals surface area contributed by atoms with Gasteiger partial charge in [-0.1, -0.05) is 13.8 Å². The Hall–Kier alpha value is -1.10. The molecule has 0 spiro atoms. The number of ether oxygens (including phenoxy) is 1. The van der Waals surface area contributed by atoms with Gasteiger partial charge < -0.3 is 10.5 Å². The molecule has 1 heterocycles. The molecule has 0 aliphatic carbocycles. The zero-order valence-electron chi connectivity index (χ0n) is 7.26. The van der Waals surface area contributed by atoms with Crippen molar-refractivity contribution in [2.75, 3.05) is 13.2 Å². The molecular weight excluding hydrogens is 158 g/mol. The summed E-state index contributed by atoms with van der Waals surface area (Å²) in [4.78, 5) is 10.3. The highest BCUT2D eigenvalue weighted by atomic mass is 16.5. The largest absolute Gasteiger partial charge is 0.374 e. The van der Waals surface area contributed by atoms with Crippen molar-refractivity contribution in [3.63, 3.8) is 0 Å². The van der Waals surface area contributed by atoms with Crippen molar-refractivity contribution in [1.29, 1.82) is 0 Å². The minimum absolute atomic E-state index is 0.0948. The van der Waals surface area contributed by atoms with Gasteiger partial charge in [0.2, 0.25) is 0 Å². The molecule has 0 aromatic rings. The van der Waals surface area contributed by atoms with Crippen LogP contribution >= 0.6 is 0 Å². The average Bonchev–Trinajstić information content (AvgIpc) is 2.25. The Bertz CT molecular complexity index is 223. The Morgan fingerprint density at radius 2 is 2.42 bits per heavy atom. The number of hydrogen-bond donors (Lipinski definition) is 2. The van der Waals surface area contributed by atoms with E-state index < -0.39 is 6.03 Å². The Balaban J connectivity index is 2.62. The lowest BCUT2D eigenvalue weighted by atomic mass is 9.91. The highest BCUT2D eigenvalue weighted by Crippen LogP contribution is 2.23. The fraction of sp³-hybridized carbons (Fsp3) is 0.714. The molecule has 0 atom stereocenters. The predicted octanol–water partition coefficient (Wildman–Crippen LogP) is 0.0671. The molecule has 3 N–H and O–H groups in total. The van der Waals surface area contributed by atoms with E-state index >= 15 is 0 Å². The van der Waals surface area contributed by atoms with E-state index in [4.69, 9.17) is 10.5 Å². The number of primary amides is 1. The standard InChI is InChI=1S/C7H13N3O2/c1-7(2)4-12-3-5(7)9-10-6(8)11/h3-4H2,1-2H3,(H3,8,10,11)/b9-5+. The van der Waals surface area contributed by atoms with Crippen LogP contribution in [0, 0.1) is 5.41 Å². The predicted molar refractivity (Wildman–Crippen MR) is 44.8 cm³/mol. The van der Waals surface area contributed by atoms with Gasteiger partial charge in [-0.3, -0.25) is 0 Å². The second-order valence-corrected chi connectivity index (χ2v) is 3.41. The number of hydrogen-bond acceptors (Lipinski definition) is 3. The molecule has 0 bridgehead atoms. The van der Waals surface area contributed by atoms with Gasteiger partial charge in [-0.05, 0) is 0 Å². The van der Waals surface area contributed by atoms with Gasteiger partial charge in [0.1, 0.15) is 0 Å². The highest BCUT2D eigenvalue weighted by Gasteiger charge is 2.31. The first-order valence-corrected chi connectivity index (χ1v) is 3.72. The van der Waals surface area contributed by atoms with Crippen LogP contribution in [0.5, 0.6) is 0 Å². The van der Waals surface area contributed by atoms with Crippen LogP contribution in [0.1, 0.15) is 13.8 Å². The maximum Gasteiger partial charge on any atom is 0.332 e. The summed E-state index contributed by atoms with van der Waals surface area (Å²) in [5.74, 6) is 0. The first-order valence-electron chi connectivity index (χ1n) is 3.72. The van der Waals surface area contributed by atoms with Crippen LogP contribution in [0.25, 0.3) is 0 Å². The number of nitrogens with two attached hydrogens (primary N) is 1. The second-order valence-electron chi connectivity index (χ2n) is 3.41. The van der Waals surface area contributed by atoms with Crippen LogP contribution in [0.3, 0.4) is 0 Å². The normalized spacial score (nSPS) is 24.3. The van der Waals surface area contributed by atoms with Gasteiger partial charge in [0.25, 0.3) is 0 Å². The molecule has 68 valence electrons. The molecule has 0 saturated carbocycles. The molecule has 1 saturated heterocycles. The first kappa shape index (κ1) is 8.99. The molecule has 5 heteroatoms. The van der Waals surface area contributed by atoms with Crippen LogP contribution < -0.4 is 11.2 Å². The molecule has 1 fully saturated rings. The molecule has 0 radical (unpaired) electrons. The fourth-order valence-electron chi connectivity index (χ4n) is 0.988. The summed E-state index contributed by atoms with van der Waals surface area (Å²) >= 11 is 0. The van der Waals surface area contributed by atoms with Gasteiger partial charge in [-0.25, -0.2) is 10.2 Å². The summed E-state index contributed by atoms with van der Waals surface area (Å²) < 4.78 is 5.18. The summed E-state index contributed by atoms with van der Waals surface area (Å²) in [5.41, 5.74) is 7.78. The van der Waals surface area contributed by atoms with E-state index in [0.29, 0.717) is 13.2 Å². The number of nitrogens with zero attached hydrogens (tertiary/aromatic N) is 1. The minimum atomic E-state index is -0.648. The maximum absolute atomic E-state index is 10.3. The number of hydrazone groups is 1. The van der Waals surface area contributed by atoms with Crippen LogP contribution in [0.2, 0.25) is 0 Å². The summed E-state index contributed by atoms with van der Waals surface area (Å²) in [6.07, 6.45) is 0. The van der Waals surface area contributed by atoms with E-state index in [-0.39, 0.29) is 5.41 Å². The van der Waals surface area contributed by atoms with Gasteiger partial charge in [0.15, 0.2) is 0 Å². The Morgan fingerprint density at radius 1 is 1.75 bits per heavy atom. The van der Waals surface area contributed by atoms with Crippen LogP contribution in [0.15, 0.2) is 5.10 Å². The third-order valence-corrected chi connectivity index (χ3v) is 1.78. The highest BCUT2D eigenvalue weighted by molar-refractivity contribution is 5.93. The summed E-state index contributed by atoms with van der Waals surface area (Å²) in [7, 11) is 0. The molecule has 2 amide bonds. The monoisotopic (exact) mass is 171 g/mol. The Morgan fingerprint density at radius 3 is 2.83 bits per heavy atom. The van der Waals surface area contributed by atoms with Gasteiger partial charge in [-0.15, -0.1) is 0 Å². The number of nitrogens with one attached hydrogen (secondary N) is 1. The molecule has 1 aliphatic rings. The summed E-state index contributed by atoms with van der Waals surface area (Å²) in [5, 5.41) is 3.84. The number of carbonyl (C=O) groups is 1. The van der Waals surface area contributed by atoms with Crippen molar-refractivity contribution in [3.05, 3.63) is 0 Å². The molecule has 1 aliphatic heterocycles. The van der Waals surface area contributed by atoms with Gasteiger partial charge in [0, 0.05) is 5.41 Å². The zero-order valence-corrected chi connectivity index (χ0v) is 7.26. The van der Waals surface area contributed by atoms with Crippen molar-refractivity contribution >= 4 is 11.7 Å². The minimum Gasteiger partial charge on any atom is -0.374 e. The fourth-order valence-corrected chi connectivity index (χ4v) is 0.988.